The predicted octanol–water partition coefficient (Wildman–Crippen LogP) is 2.62. The van der Waals surface area contributed by atoms with E-state index in [0.717, 1.165) is 45.3 Å². The summed E-state index contributed by atoms with van der Waals surface area (Å²) in [6, 6.07) is 5.04. The van der Waals surface area contributed by atoms with E-state index in [2.05, 4.69) is 25.2 Å². The third-order valence-corrected chi connectivity index (χ3v) is 5.81. The first-order valence-corrected chi connectivity index (χ1v) is 9.33. The van der Waals surface area contributed by atoms with Gasteiger partial charge in [-0.3, -0.25) is 4.79 Å². The summed E-state index contributed by atoms with van der Waals surface area (Å²) in [6.45, 7) is 2.57. The van der Waals surface area contributed by atoms with Crippen LogP contribution in [0.15, 0.2) is 30.7 Å². The van der Waals surface area contributed by atoms with Gasteiger partial charge in [-0.1, -0.05) is 0 Å². The molecule has 2 N–H and O–H groups in total. The molecule has 3 unspecified atom stereocenters. The van der Waals surface area contributed by atoms with Gasteiger partial charge in [0.2, 0.25) is 5.95 Å². The molecule has 4 rings (SSSR count). The van der Waals surface area contributed by atoms with Crippen LogP contribution in [0.3, 0.4) is 0 Å². The highest BCUT2D eigenvalue weighted by Crippen LogP contribution is 2.39. The minimum absolute atomic E-state index is 0.0299. The molecule has 1 aliphatic heterocycles. The Morgan fingerprint density at radius 3 is 3.04 bits per heavy atom. The van der Waals surface area contributed by atoms with Crippen LogP contribution in [0.5, 0.6) is 0 Å². The largest absolute Gasteiger partial charge is 0.357 e. The number of rotatable bonds is 4. The van der Waals surface area contributed by atoms with Crippen LogP contribution >= 0.6 is 0 Å². The molecular formula is C19H24FN5O. The Hall–Kier alpha value is -2.44. The second kappa shape index (κ2) is 7.43. The lowest BCUT2D eigenvalue weighted by atomic mass is 9.70. The summed E-state index contributed by atoms with van der Waals surface area (Å²) < 4.78 is 13.3. The van der Waals surface area contributed by atoms with E-state index < -0.39 is 5.95 Å². The molecule has 1 saturated carbocycles. The molecule has 1 saturated heterocycles. The average molecular weight is 357 g/mol. The standard InChI is InChI=1S/C19H24FN5O/c20-17-9-18(24-12-23-17)25-7-5-14-8-13(3-4-15(14)11-25)10-22-19(26)16-2-1-6-21-16/h1-2,6,9,12-15,21H,3-5,7-8,10-11H2,(H,22,26). The van der Waals surface area contributed by atoms with E-state index in [9.17, 15) is 9.18 Å². The van der Waals surface area contributed by atoms with Gasteiger partial charge in [-0.25, -0.2) is 9.97 Å². The fourth-order valence-corrected chi connectivity index (χ4v) is 4.41. The molecule has 3 heterocycles. The van der Waals surface area contributed by atoms with Gasteiger partial charge in [0.05, 0.1) is 0 Å². The van der Waals surface area contributed by atoms with Crippen LogP contribution in [0.2, 0.25) is 0 Å². The minimum Gasteiger partial charge on any atom is -0.357 e. The average Bonchev–Trinajstić information content (AvgIpc) is 3.20. The van der Waals surface area contributed by atoms with Crippen LogP contribution in [-0.2, 0) is 0 Å². The Bertz CT molecular complexity index is 750. The molecule has 0 aromatic carbocycles. The zero-order valence-corrected chi connectivity index (χ0v) is 14.7. The number of hydrogen-bond donors (Lipinski definition) is 2. The van der Waals surface area contributed by atoms with Gasteiger partial charge in [0, 0.05) is 31.9 Å². The third kappa shape index (κ3) is 3.71. The first-order chi connectivity index (χ1) is 12.7. The fourth-order valence-electron chi connectivity index (χ4n) is 4.41. The van der Waals surface area contributed by atoms with Crippen molar-refractivity contribution in [1.82, 2.24) is 20.3 Å². The molecule has 1 aliphatic carbocycles. The first-order valence-electron chi connectivity index (χ1n) is 9.33. The number of nitrogens with zero attached hydrogens (tertiary/aromatic N) is 3. The summed E-state index contributed by atoms with van der Waals surface area (Å²) in [6.07, 6.45) is 7.58. The molecule has 3 atom stereocenters. The molecule has 0 spiro atoms. The summed E-state index contributed by atoms with van der Waals surface area (Å²) in [5.41, 5.74) is 0.615. The lowest BCUT2D eigenvalue weighted by Crippen LogP contribution is -2.44. The summed E-state index contributed by atoms with van der Waals surface area (Å²) in [7, 11) is 0. The van der Waals surface area contributed by atoms with E-state index in [4.69, 9.17) is 0 Å². The highest BCUT2D eigenvalue weighted by Gasteiger charge is 2.35. The molecule has 26 heavy (non-hydrogen) atoms. The number of nitrogens with one attached hydrogen (secondary N) is 2. The maximum absolute atomic E-state index is 13.3. The van der Waals surface area contributed by atoms with Crippen molar-refractivity contribution in [1.29, 1.82) is 0 Å². The van der Waals surface area contributed by atoms with Crippen LogP contribution < -0.4 is 10.2 Å². The van der Waals surface area contributed by atoms with E-state index in [1.807, 2.05) is 6.07 Å². The van der Waals surface area contributed by atoms with Crippen molar-refractivity contribution in [2.45, 2.75) is 25.7 Å². The zero-order chi connectivity index (χ0) is 17.9. The highest BCUT2D eigenvalue weighted by atomic mass is 19.1. The van der Waals surface area contributed by atoms with Crippen molar-refractivity contribution in [3.05, 3.63) is 42.4 Å². The third-order valence-electron chi connectivity index (χ3n) is 5.81. The molecule has 2 aromatic heterocycles. The van der Waals surface area contributed by atoms with Gasteiger partial charge >= 0.3 is 0 Å². The SMILES string of the molecule is O=C(NCC1CCC2CN(c3cc(F)ncn3)CCC2C1)c1ccc[nH]1. The van der Waals surface area contributed by atoms with Gasteiger partial charge in [-0.15, -0.1) is 0 Å². The van der Waals surface area contributed by atoms with Gasteiger partial charge in [-0.2, -0.15) is 4.39 Å². The highest BCUT2D eigenvalue weighted by molar-refractivity contribution is 5.92. The maximum atomic E-state index is 13.3. The van der Waals surface area contributed by atoms with E-state index >= 15 is 0 Å². The molecule has 138 valence electrons. The van der Waals surface area contributed by atoms with Gasteiger partial charge in [0.1, 0.15) is 17.8 Å². The number of H-pyrrole nitrogens is 1. The van der Waals surface area contributed by atoms with Crippen molar-refractivity contribution in [3.8, 4) is 0 Å². The summed E-state index contributed by atoms with van der Waals surface area (Å²) >= 11 is 0. The lowest BCUT2D eigenvalue weighted by molar-refractivity contribution is 0.0922. The van der Waals surface area contributed by atoms with E-state index in [1.165, 1.54) is 12.4 Å². The Morgan fingerprint density at radius 2 is 2.23 bits per heavy atom. The second-order valence-corrected chi connectivity index (χ2v) is 7.43. The quantitative estimate of drug-likeness (QED) is 0.825. The van der Waals surface area contributed by atoms with Crippen molar-refractivity contribution in [2.24, 2.45) is 17.8 Å². The molecular weight excluding hydrogens is 333 g/mol. The Balaban J connectivity index is 1.29. The number of hydrogen-bond acceptors (Lipinski definition) is 4. The van der Waals surface area contributed by atoms with Crippen molar-refractivity contribution >= 4 is 11.7 Å². The molecule has 2 aromatic rings. The normalized spacial score (nSPS) is 25.6. The van der Waals surface area contributed by atoms with Crippen LogP contribution in [0.4, 0.5) is 10.2 Å². The predicted molar refractivity (Wildman–Crippen MR) is 96.3 cm³/mol. The van der Waals surface area contributed by atoms with Crippen LogP contribution in [-0.4, -0.2) is 40.5 Å². The Labute approximate surface area is 152 Å². The van der Waals surface area contributed by atoms with Crippen molar-refractivity contribution < 1.29 is 9.18 Å². The van der Waals surface area contributed by atoms with Gasteiger partial charge < -0.3 is 15.2 Å². The molecule has 6 nitrogen and oxygen atoms in total. The van der Waals surface area contributed by atoms with E-state index in [1.54, 1.807) is 12.3 Å². The number of carbonyl (C=O) groups is 1. The second-order valence-electron chi connectivity index (χ2n) is 7.43. The smallest absolute Gasteiger partial charge is 0.267 e. The number of fused-ring (bicyclic) bond motifs is 1. The first kappa shape index (κ1) is 17.0. The molecule has 2 fully saturated rings. The van der Waals surface area contributed by atoms with Gasteiger partial charge in [0.25, 0.3) is 5.91 Å². The monoisotopic (exact) mass is 357 g/mol. The summed E-state index contributed by atoms with van der Waals surface area (Å²) in [5, 5.41) is 3.05. The summed E-state index contributed by atoms with van der Waals surface area (Å²) in [4.78, 5) is 24.9. The fraction of sp³-hybridized carbons (Fsp3) is 0.526. The number of anilines is 1. The van der Waals surface area contributed by atoms with Crippen molar-refractivity contribution in [2.75, 3.05) is 24.5 Å². The van der Waals surface area contributed by atoms with Crippen molar-refractivity contribution in [3.63, 3.8) is 0 Å². The number of carbonyl (C=O) groups excluding carboxylic acids is 1. The van der Waals surface area contributed by atoms with Gasteiger partial charge in [-0.05, 0) is 55.6 Å². The van der Waals surface area contributed by atoms with E-state index in [-0.39, 0.29) is 5.91 Å². The van der Waals surface area contributed by atoms with Gasteiger partial charge in [0.15, 0.2) is 0 Å². The zero-order valence-electron chi connectivity index (χ0n) is 14.7. The number of aromatic nitrogens is 3. The maximum Gasteiger partial charge on any atom is 0.267 e. The van der Waals surface area contributed by atoms with Crippen LogP contribution in [0, 0.1) is 23.7 Å². The minimum atomic E-state index is -0.473. The number of aromatic amines is 1. The molecule has 1 amide bonds. The number of piperidine rings is 1. The Kier molecular flexibility index (Phi) is 4.86. The lowest BCUT2D eigenvalue weighted by Gasteiger charge is -2.44. The molecule has 7 heteroatoms. The molecule has 0 bridgehead atoms. The van der Waals surface area contributed by atoms with E-state index in [0.29, 0.717) is 29.3 Å². The topological polar surface area (TPSA) is 73.9 Å². The van der Waals surface area contributed by atoms with Crippen LogP contribution in [0.1, 0.15) is 36.2 Å². The van der Waals surface area contributed by atoms with Crippen LogP contribution in [0.25, 0.3) is 0 Å². The number of amides is 1. The Morgan fingerprint density at radius 1 is 1.31 bits per heavy atom. The summed E-state index contributed by atoms with van der Waals surface area (Å²) in [5.74, 6) is 2.03. The molecule has 2 aliphatic rings. The number of halogens is 1. The molecule has 0 radical (unpaired) electrons.